The Morgan fingerprint density at radius 1 is 1.13 bits per heavy atom. The minimum atomic E-state index is -0.191. The van der Waals surface area contributed by atoms with E-state index in [2.05, 4.69) is 4.99 Å². The van der Waals surface area contributed by atoms with Gasteiger partial charge in [0.05, 0.1) is 26.7 Å². The van der Waals surface area contributed by atoms with Crippen molar-refractivity contribution in [3.63, 3.8) is 0 Å². The molecule has 0 fully saturated rings. The quantitative estimate of drug-likeness (QED) is 0.657. The van der Waals surface area contributed by atoms with Crippen molar-refractivity contribution in [2.24, 2.45) is 12.0 Å². The number of rotatable bonds is 2. The van der Waals surface area contributed by atoms with Crippen LogP contribution < -0.4 is 4.80 Å². The molecule has 0 spiro atoms. The van der Waals surface area contributed by atoms with Crippen molar-refractivity contribution in [1.82, 2.24) is 4.57 Å². The van der Waals surface area contributed by atoms with E-state index >= 15 is 0 Å². The van der Waals surface area contributed by atoms with Crippen LogP contribution in [0.2, 0.25) is 10.0 Å². The van der Waals surface area contributed by atoms with E-state index in [1.807, 2.05) is 38.2 Å². The molecule has 6 heteroatoms. The number of carbonyl (C=O) groups is 1. The Labute approximate surface area is 147 Å². The number of carbonyl (C=O) groups excluding carboxylic acids is 1. The fraction of sp³-hybridized carbons (Fsp3) is 0.176. The highest BCUT2D eigenvalue weighted by Gasteiger charge is 2.11. The lowest BCUT2D eigenvalue weighted by Crippen LogP contribution is -2.14. The van der Waals surface area contributed by atoms with Crippen LogP contribution in [0.5, 0.6) is 0 Å². The van der Waals surface area contributed by atoms with Crippen molar-refractivity contribution in [1.29, 1.82) is 0 Å². The molecule has 0 radical (unpaired) electrons. The van der Waals surface area contributed by atoms with Gasteiger partial charge in [0.2, 0.25) is 0 Å². The molecular formula is C17H14Cl2N2OS. The van der Waals surface area contributed by atoms with E-state index in [9.17, 15) is 4.79 Å². The van der Waals surface area contributed by atoms with Crippen LogP contribution in [0.15, 0.2) is 41.4 Å². The Bertz CT molecular complexity index is 955. The van der Waals surface area contributed by atoms with Crippen molar-refractivity contribution in [2.45, 2.75) is 13.3 Å². The molecule has 0 unspecified atom stereocenters. The van der Waals surface area contributed by atoms with E-state index in [0.29, 0.717) is 14.8 Å². The molecule has 0 aliphatic carbocycles. The van der Waals surface area contributed by atoms with Gasteiger partial charge in [-0.05, 0) is 24.6 Å². The predicted octanol–water partition coefficient (Wildman–Crippen LogP) is 4.53. The van der Waals surface area contributed by atoms with Gasteiger partial charge in [0, 0.05) is 7.05 Å². The summed E-state index contributed by atoms with van der Waals surface area (Å²) in [5.41, 5.74) is 2.91. The molecule has 0 saturated carbocycles. The maximum Gasteiger partial charge on any atom is 0.252 e. The first-order chi connectivity index (χ1) is 11.0. The van der Waals surface area contributed by atoms with Crippen LogP contribution in [-0.2, 0) is 18.3 Å². The summed E-state index contributed by atoms with van der Waals surface area (Å²) in [4.78, 5) is 17.0. The third-order valence-electron chi connectivity index (χ3n) is 3.55. The summed E-state index contributed by atoms with van der Waals surface area (Å²) in [5, 5.41) is 1.20. The van der Waals surface area contributed by atoms with Crippen LogP contribution in [-0.4, -0.2) is 10.5 Å². The first-order valence-corrected chi connectivity index (χ1v) is 8.59. The largest absolute Gasteiger partial charge is 0.318 e. The molecule has 1 amide bonds. The summed E-state index contributed by atoms with van der Waals surface area (Å²) in [5.74, 6) is -0.191. The summed E-state index contributed by atoms with van der Waals surface area (Å²) in [6.07, 6.45) is 0.274. The third kappa shape index (κ3) is 3.34. The number of fused-ring (bicyclic) bond motifs is 1. The van der Waals surface area contributed by atoms with Gasteiger partial charge in [-0.15, -0.1) is 0 Å². The smallest absolute Gasteiger partial charge is 0.252 e. The van der Waals surface area contributed by atoms with Crippen LogP contribution in [0, 0.1) is 6.92 Å². The molecule has 3 nitrogen and oxygen atoms in total. The number of amides is 1. The Morgan fingerprint density at radius 2 is 1.78 bits per heavy atom. The highest BCUT2D eigenvalue weighted by molar-refractivity contribution is 7.17. The number of aryl methyl sites for hydroxylation is 2. The maximum absolute atomic E-state index is 12.2. The van der Waals surface area contributed by atoms with Crippen molar-refractivity contribution < 1.29 is 4.79 Å². The molecule has 23 heavy (non-hydrogen) atoms. The predicted molar refractivity (Wildman–Crippen MR) is 96.3 cm³/mol. The van der Waals surface area contributed by atoms with E-state index < -0.39 is 0 Å². The topological polar surface area (TPSA) is 34.4 Å². The van der Waals surface area contributed by atoms with E-state index in [1.165, 1.54) is 16.9 Å². The standard InChI is InChI=1S/C17H14Cl2N2OS/c1-10-3-5-11(6-4-10)9-14(22)20-17-21(2)15-12(18)7-8-13(19)16(15)23-17/h3-8H,9H2,1-2H3. The average molecular weight is 365 g/mol. The van der Waals surface area contributed by atoms with E-state index in [-0.39, 0.29) is 12.3 Å². The first kappa shape index (κ1) is 16.2. The molecule has 3 aromatic rings. The minimum absolute atomic E-state index is 0.191. The SMILES string of the molecule is Cc1ccc(CC(=O)N=c2sc3c(Cl)ccc(Cl)c3n2C)cc1. The van der Waals surface area contributed by atoms with E-state index in [4.69, 9.17) is 23.2 Å². The van der Waals surface area contributed by atoms with Crippen LogP contribution in [0.4, 0.5) is 0 Å². The lowest BCUT2D eigenvalue weighted by atomic mass is 10.1. The van der Waals surface area contributed by atoms with Gasteiger partial charge in [0.15, 0.2) is 4.80 Å². The molecule has 0 atom stereocenters. The molecule has 1 aromatic heterocycles. The molecule has 0 saturated heterocycles. The van der Waals surface area contributed by atoms with Gasteiger partial charge < -0.3 is 4.57 Å². The van der Waals surface area contributed by atoms with Gasteiger partial charge in [0.1, 0.15) is 0 Å². The molecule has 0 bridgehead atoms. The molecule has 1 heterocycles. The van der Waals surface area contributed by atoms with Crippen LogP contribution in [0.3, 0.4) is 0 Å². The van der Waals surface area contributed by atoms with Gasteiger partial charge in [0.25, 0.3) is 5.91 Å². The third-order valence-corrected chi connectivity index (χ3v) is 5.44. The second-order valence-corrected chi connectivity index (χ2v) is 7.11. The zero-order valence-corrected chi connectivity index (χ0v) is 15.0. The monoisotopic (exact) mass is 364 g/mol. The van der Waals surface area contributed by atoms with Crippen LogP contribution in [0.25, 0.3) is 10.2 Å². The maximum atomic E-state index is 12.2. The number of aromatic nitrogens is 1. The first-order valence-electron chi connectivity index (χ1n) is 7.02. The molecule has 0 aliphatic heterocycles. The normalized spacial score (nSPS) is 12.1. The lowest BCUT2D eigenvalue weighted by Gasteiger charge is -2.00. The summed E-state index contributed by atoms with van der Waals surface area (Å²) < 4.78 is 2.64. The summed E-state index contributed by atoms with van der Waals surface area (Å²) in [7, 11) is 1.83. The summed E-state index contributed by atoms with van der Waals surface area (Å²) >= 11 is 13.8. The van der Waals surface area contributed by atoms with E-state index in [0.717, 1.165) is 15.8 Å². The highest BCUT2D eigenvalue weighted by Crippen LogP contribution is 2.31. The zero-order chi connectivity index (χ0) is 16.6. The highest BCUT2D eigenvalue weighted by atomic mass is 35.5. The van der Waals surface area contributed by atoms with E-state index in [1.54, 1.807) is 16.7 Å². The molecule has 0 aliphatic rings. The number of hydrogen-bond donors (Lipinski definition) is 0. The van der Waals surface area contributed by atoms with Crippen LogP contribution >= 0.6 is 34.5 Å². The van der Waals surface area contributed by atoms with Gasteiger partial charge in [-0.25, -0.2) is 0 Å². The van der Waals surface area contributed by atoms with Gasteiger partial charge in [-0.2, -0.15) is 4.99 Å². The number of nitrogens with zero attached hydrogens (tertiary/aromatic N) is 2. The molecule has 3 rings (SSSR count). The van der Waals surface area contributed by atoms with Crippen molar-refractivity contribution in [3.05, 3.63) is 62.4 Å². The fourth-order valence-electron chi connectivity index (χ4n) is 2.31. The number of benzene rings is 2. The van der Waals surface area contributed by atoms with Gasteiger partial charge in [-0.1, -0.05) is 64.4 Å². The molecule has 118 valence electrons. The molecule has 2 aromatic carbocycles. The van der Waals surface area contributed by atoms with Gasteiger partial charge >= 0.3 is 0 Å². The molecular weight excluding hydrogens is 351 g/mol. The second kappa shape index (κ2) is 6.48. The van der Waals surface area contributed by atoms with Gasteiger partial charge in [-0.3, -0.25) is 4.79 Å². The van der Waals surface area contributed by atoms with Crippen LogP contribution in [0.1, 0.15) is 11.1 Å². The fourth-order valence-corrected chi connectivity index (χ4v) is 3.99. The summed E-state index contributed by atoms with van der Waals surface area (Å²) in [6.45, 7) is 2.01. The Morgan fingerprint density at radius 3 is 2.43 bits per heavy atom. The molecule has 0 N–H and O–H groups in total. The summed E-state index contributed by atoms with van der Waals surface area (Å²) in [6, 6.07) is 11.4. The Kier molecular flexibility index (Phi) is 4.57. The number of thiazole rings is 1. The number of halogens is 2. The minimum Gasteiger partial charge on any atom is -0.318 e. The number of hydrogen-bond acceptors (Lipinski definition) is 2. The second-order valence-electron chi connectivity index (χ2n) is 5.32. The lowest BCUT2D eigenvalue weighted by molar-refractivity contribution is -0.117. The van der Waals surface area contributed by atoms with Crippen molar-refractivity contribution >= 4 is 50.7 Å². The average Bonchev–Trinajstić information content (AvgIpc) is 2.84. The Hall–Kier alpha value is -1.62. The zero-order valence-electron chi connectivity index (χ0n) is 12.6. The van der Waals surface area contributed by atoms with Crippen molar-refractivity contribution in [2.75, 3.05) is 0 Å². The van der Waals surface area contributed by atoms with Crippen molar-refractivity contribution in [3.8, 4) is 0 Å². The Balaban J connectivity index is 1.99.